The molecule has 0 N–H and O–H groups in total. The molecule has 0 saturated carbocycles. The zero-order valence-corrected chi connectivity index (χ0v) is 18.5. The first-order chi connectivity index (χ1) is 13.1. The van der Waals surface area contributed by atoms with E-state index in [4.69, 9.17) is 14.2 Å². The first-order valence-corrected chi connectivity index (χ1v) is 11.7. The van der Waals surface area contributed by atoms with Gasteiger partial charge in [0.15, 0.2) is 5.79 Å². The van der Waals surface area contributed by atoms with E-state index in [1.54, 1.807) is 0 Å². The third kappa shape index (κ3) is 15.2. The molecule has 3 heteroatoms. The van der Waals surface area contributed by atoms with E-state index < -0.39 is 5.79 Å². The Morgan fingerprint density at radius 3 is 1.89 bits per heavy atom. The van der Waals surface area contributed by atoms with Gasteiger partial charge in [0, 0.05) is 0 Å². The smallest absolute Gasteiger partial charge is 0.163 e. The summed E-state index contributed by atoms with van der Waals surface area (Å²) < 4.78 is 16.9. The molecular weight excluding hydrogens is 336 g/mol. The van der Waals surface area contributed by atoms with Crippen LogP contribution in [0.15, 0.2) is 12.2 Å². The topological polar surface area (TPSA) is 27.7 Å². The molecule has 3 nitrogen and oxygen atoms in total. The van der Waals surface area contributed by atoms with Crippen LogP contribution in [-0.4, -0.2) is 31.7 Å². The summed E-state index contributed by atoms with van der Waals surface area (Å²) in [5.41, 5.74) is 0. The van der Waals surface area contributed by atoms with Crippen molar-refractivity contribution >= 4 is 0 Å². The van der Waals surface area contributed by atoms with Gasteiger partial charge in [-0.05, 0) is 26.7 Å². The average Bonchev–Trinajstić information content (AvgIpc) is 2.99. The van der Waals surface area contributed by atoms with Crippen LogP contribution in [0.5, 0.6) is 0 Å². The second-order valence-corrected chi connectivity index (χ2v) is 8.49. The van der Waals surface area contributed by atoms with E-state index in [0.29, 0.717) is 19.8 Å². The largest absolute Gasteiger partial charge is 0.375 e. The zero-order chi connectivity index (χ0) is 19.6. The standard InChI is InChI=1S/C24H46O3/c1-4-5-6-7-8-9-10-11-12-13-14-15-16-17-18-19-20-25-21-23-22-26-24(2,3)27-23/h18-19,23H,4-17,20-22H2,1-3H3/b19-18+/t23-/m0/s1. The van der Waals surface area contributed by atoms with Gasteiger partial charge in [-0.1, -0.05) is 96.1 Å². The van der Waals surface area contributed by atoms with Gasteiger partial charge in [0.1, 0.15) is 6.10 Å². The number of hydrogen-bond acceptors (Lipinski definition) is 3. The van der Waals surface area contributed by atoms with Crippen molar-refractivity contribution in [2.24, 2.45) is 0 Å². The first-order valence-electron chi connectivity index (χ1n) is 11.7. The van der Waals surface area contributed by atoms with Crippen molar-refractivity contribution in [1.82, 2.24) is 0 Å². The number of allylic oxidation sites excluding steroid dienone is 1. The van der Waals surface area contributed by atoms with Gasteiger partial charge in [-0.15, -0.1) is 0 Å². The molecular formula is C24H46O3. The zero-order valence-electron chi connectivity index (χ0n) is 18.5. The lowest BCUT2D eigenvalue weighted by Crippen LogP contribution is -2.24. The molecule has 0 spiro atoms. The number of rotatable bonds is 18. The molecule has 0 aliphatic carbocycles. The van der Waals surface area contributed by atoms with Crippen molar-refractivity contribution in [3.05, 3.63) is 12.2 Å². The van der Waals surface area contributed by atoms with Crippen LogP contribution in [0.4, 0.5) is 0 Å². The maximum Gasteiger partial charge on any atom is 0.163 e. The van der Waals surface area contributed by atoms with Gasteiger partial charge >= 0.3 is 0 Å². The molecule has 1 heterocycles. The third-order valence-corrected chi connectivity index (χ3v) is 5.23. The van der Waals surface area contributed by atoms with E-state index in [-0.39, 0.29) is 6.10 Å². The van der Waals surface area contributed by atoms with Gasteiger partial charge in [-0.2, -0.15) is 0 Å². The highest BCUT2D eigenvalue weighted by Crippen LogP contribution is 2.22. The molecule has 160 valence electrons. The SMILES string of the molecule is CCCCCCCCCCCCCCC/C=C/COC[C@H]1COC(C)(C)O1. The maximum absolute atomic E-state index is 5.71. The Morgan fingerprint density at radius 1 is 0.815 bits per heavy atom. The van der Waals surface area contributed by atoms with Crippen LogP contribution in [0.2, 0.25) is 0 Å². The Labute approximate surface area is 169 Å². The van der Waals surface area contributed by atoms with Crippen molar-refractivity contribution < 1.29 is 14.2 Å². The molecule has 1 rings (SSSR count). The summed E-state index contributed by atoms with van der Waals surface area (Å²) in [5, 5.41) is 0. The highest BCUT2D eigenvalue weighted by Gasteiger charge is 2.32. The predicted octanol–water partition coefficient (Wildman–Crippen LogP) is 7.19. The van der Waals surface area contributed by atoms with Crippen LogP contribution in [0.1, 0.15) is 111 Å². The fourth-order valence-electron chi connectivity index (χ4n) is 3.58. The predicted molar refractivity (Wildman–Crippen MR) is 115 cm³/mol. The highest BCUT2D eigenvalue weighted by molar-refractivity contribution is 4.81. The second-order valence-electron chi connectivity index (χ2n) is 8.49. The molecule has 0 aromatic heterocycles. The Hall–Kier alpha value is -0.380. The Balaban J connectivity index is 1.73. The van der Waals surface area contributed by atoms with Gasteiger partial charge in [-0.25, -0.2) is 0 Å². The summed E-state index contributed by atoms with van der Waals surface area (Å²) in [4.78, 5) is 0. The van der Waals surface area contributed by atoms with Gasteiger partial charge in [0.05, 0.1) is 19.8 Å². The lowest BCUT2D eigenvalue weighted by Gasteiger charge is -2.16. The molecule has 1 atom stereocenters. The fourth-order valence-corrected chi connectivity index (χ4v) is 3.58. The van der Waals surface area contributed by atoms with E-state index in [2.05, 4.69) is 19.1 Å². The van der Waals surface area contributed by atoms with Crippen molar-refractivity contribution in [2.75, 3.05) is 19.8 Å². The molecule has 0 aromatic rings. The van der Waals surface area contributed by atoms with E-state index in [1.165, 1.54) is 89.9 Å². The summed E-state index contributed by atoms with van der Waals surface area (Å²) in [6, 6.07) is 0. The Morgan fingerprint density at radius 2 is 1.37 bits per heavy atom. The maximum atomic E-state index is 5.71. The quantitative estimate of drug-likeness (QED) is 0.185. The van der Waals surface area contributed by atoms with Gasteiger partial charge in [0.2, 0.25) is 0 Å². The Kier molecular flexibility index (Phi) is 15.1. The van der Waals surface area contributed by atoms with E-state index >= 15 is 0 Å². The van der Waals surface area contributed by atoms with Crippen molar-refractivity contribution in [2.45, 2.75) is 123 Å². The summed E-state index contributed by atoms with van der Waals surface area (Å²) in [6.45, 7) is 8.11. The number of unbranched alkanes of at least 4 members (excludes halogenated alkanes) is 13. The normalized spacial score (nSPS) is 19.3. The van der Waals surface area contributed by atoms with Crippen LogP contribution in [0.25, 0.3) is 0 Å². The van der Waals surface area contributed by atoms with E-state index in [9.17, 15) is 0 Å². The lowest BCUT2D eigenvalue weighted by molar-refractivity contribution is -0.144. The van der Waals surface area contributed by atoms with Gasteiger partial charge in [-0.3, -0.25) is 0 Å². The molecule has 0 amide bonds. The molecule has 1 aliphatic heterocycles. The van der Waals surface area contributed by atoms with Crippen molar-refractivity contribution in [3.8, 4) is 0 Å². The molecule has 27 heavy (non-hydrogen) atoms. The molecule has 0 radical (unpaired) electrons. The monoisotopic (exact) mass is 382 g/mol. The molecule has 0 unspecified atom stereocenters. The Bertz CT molecular complexity index is 352. The van der Waals surface area contributed by atoms with Crippen LogP contribution in [-0.2, 0) is 14.2 Å². The summed E-state index contributed by atoms with van der Waals surface area (Å²) in [5.74, 6) is -0.446. The average molecular weight is 383 g/mol. The third-order valence-electron chi connectivity index (χ3n) is 5.23. The summed E-state index contributed by atoms with van der Waals surface area (Å²) >= 11 is 0. The molecule has 0 aromatic carbocycles. The van der Waals surface area contributed by atoms with Gasteiger partial charge < -0.3 is 14.2 Å². The van der Waals surface area contributed by atoms with E-state index in [1.807, 2.05) is 13.8 Å². The van der Waals surface area contributed by atoms with Crippen LogP contribution < -0.4 is 0 Å². The van der Waals surface area contributed by atoms with Crippen molar-refractivity contribution in [1.29, 1.82) is 0 Å². The molecule has 1 fully saturated rings. The molecule has 1 aliphatic rings. The van der Waals surface area contributed by atoms with Crippen LogP contribution >= 0.6 is 0 Å². The highest BCUT2D eigenvalue weighted by atomic mass is 16.7. The number of hydrogen-bond donors (Lipinski definition) is 0. The summed E-state index contributed by atoms with van der Waals surface area (Å²) in [7, 11) is 0. The van der Waals surface area contributed by atoms with E-state index in [0.717, 1.165) is 0 Å². The van der Waals surface area contributed by atoms with Crippen molar-refractivity contribution in [3.63, 3.8) is 0 Å². The minimum absolute atomic E-state index is 0.0782. The summed E-state index contributed by atoms with van der Waals surface area (Å²) in [6.07, 6.45) is 24.0. The second kappa shape index (κ2) is 16.6. The lowest BCUT2D eigenvalue weighted by atomic mass is 10.0. The fraction of sp³-hybridized carbons (Fsp3) is 0.917. The van der Waals surface area contributed by atoms with Gasteiger partial charge in [0.25, 0.3) is 0 Å². The van der Waals surface area contributed by atoms with Crippen LogP contribution in [0, 0.1) is 0 Å². The first kappa shape index (κ1) is 24.7. The minimum atomic E-state index is -0.446. The van der Waals surface area contributed by atoms with Crippen LogP contribution in [0.3, 0.4) is 0 Å². The number of ether oxygens (including phenoxy) is 3. The molecule has 0 bridgehead atoms. The molecule has 1 saturated heterocycles. The minimum Gasteiger partial charge on any atom is -0.375 e.